The van der Waals surface area contributed by atoms with E-state index in [0.717, 1.165) is 45.0 Å². The molecule has 2 aromatic heterocycles. The smallest absolute Gasteiger partial charge is 0.269 e. The van der Waals surface area contributed by atoms with Gasteiger partial charge in [-0.2, -0.15) is 0 Å². The summed E-state index contributed by atoms with van der Waals surface area (Å²) in [5, 5.41) is 4.74. The van der Waals surface area contributed by atoms with Crippen LogP contribution in [0.3, 0.4) is 0 Å². The lowest BCUT2D eigenvalue weighted by atomic mass is 10.0. The summed E-state index contributed by atoms with van der Waals surface area (Å²) >= 11 is 1.80. The first-order chi connectivity index (χ1) is 11.7. The van der Waals surface area contributed by atoms with Crippen molar-refractivity contribution in [2.24, 2.45) is 5.92 Å². The normalized spacial score (nSPS) is 19.0. The zero-order chi connectivity index (χ0) is 16.8. The van der Waals surface area contributed by atoms with Crippen LogP contribution in [0.2, 0.25) is 0 Å². The minimum absolute atomic E-state index is 0.145. The summed E-state index contributed by atoms with van der Waals surface area (Å²) in [5.41, 5.74) is 1.42. The second-order valence-corrected chi connectivity index (χ2v) is 7.09. The van der Waals surface area contributed by atoms with Crippen molar-refractivity contribution >= 4 is 17.2 Å². The number of aromatic nitrogens is 1. The molecule has 1 atom stereocenters. The van der Waals surface area contributed by atoms with Gasteiger partial charge in [0.15, 0.2) is 0 Å². The van der Waals surface area contributed by atoms with Gasteiger partial charge in [0.1, 0.15) is 5.69 Å². The second kappa shape index (κ2) is 8.37. The first-order valence-electron chi connectivity index (χ1n) is 8.25. The fraction of sp³-hybridized carbons (Fsp3) is 0.444. The number of nitrogens with zero attached hydrogens (tertiary/aromatic N) is 2. The summed E-state index contributed by atoms with van der Waals surface area (Å²) in [4.78, 5) is 20.1. The lowest BCUT2D eigenvalue weighted by molar-refractivity contribution is 0.0957. The fourth-order valence-electron chi connectivity index (χ4n) is 2.99. The van der Waals surface area contributed by atoms with E-state index in [0.29, 0.717) is 11.6 Å². The topological polar surface area (TPSA) is 54.5 Å². The van der Waals surface area contributed by atoms with Crippen LogP contribution < -0.4 is 5.32 Å². The summed E-state index contributed by atoms with van der Waals surface area (Å²) in [5.74, 6) is 0.244. The van der Waals surface area contributed by atoms with Crippen molar-refractivity contribution in [3.8, 4) is 0 Å². The zero-order valence-electron chi connectivity index (χ0n) is 13.9. The average molecular weight is 345 g/mol. The van der Waals surface area contributed by atoms with Gasteiger partial charge in [0, 0.05) is 43.2 Å². The highest BCUT2D eigenvalue weighted by Gasteiger charge is 2.20. The van der Waals surface area contributed by atoms with Crippen LogP contribution in [0.1, 0.15) is 21.1 Å². The molecule has 24 heavy (non-hydrogen) atoms. The molecule has 1 fully saturated rings. The Bertz CT molecular complexity index is 660. The Morgan fingerprint density at radius 1 is 1.42 bits per heavy atom. The minimum Gasteiger partial charge on any atom is -0.380 e. The lowest BCUT2D eigenvalue weighted by Gasteiger charge is -2.22. The number of nitrogens with one attached hydrogen (secondary N) is 1. The van der Waals surface area contributed by atoms with Gasteiger partial charge in [0.2, 0.25) is 0 Å². The van der Waals surface area contributed by atoms with Crippen LogP contribution in [0.4, 0.5) is 0 Å². The molecule has 1 aliphatic rings. The summed E-state index contributed by atoms with van der Waals surface area (Å²) in [7, 11) is 1.62. The van der Waals surface area contributed by atoms with Crippen molar-refractivity contribution in [1.82, 2.24) is 15.2 Å². The highest BCUT2D eigenvalue weighted by molar-refractivity contribution is 7.09. The van der Waals surface area contributed by atoms with E-state index in [9.17, 15) is 4.79 Å². The summed E-state index contributed by atoms with van der Waals surface area (Å²) in [6, 6.07) is 9.91. The predicted octanol–water partition coefficient (Wildman–Crippen LogP) is 2.19. The van der Waals surface area contributed by atoms with Gasteiger partial charge in [-0.3, -0.25) is 9.69 Å². The minimum atomic E-state index is -0.145. The van der Waals surface area contributed by atoms with Crippen molar-refractivity contribution in [3.63, 3.8) is 0 Å². The Hall–Kier alpha value is -1.76. The Morgan fingerprint density at radius 2 is 2.33 bits per heavy atom. The molecule has 6 heteroatoms. The van der Waals surface area contributed by atoms with E-state index in [1.54, 1.807) is 24.5 Å². The van der Waals surface area contributed by atoms with Crippen LogP contribution >= 0.6 is 11.3 Å². The zero-order valence-corrected chi connectivity index (χ0v) is 14.7. The number of hydrogen-bond donors (Lipinski definition) is 1. The van der Waals surface area contributed by atoms with E-state index in [2.05, 4.69) is 32.7 Å². The van der Waals surface area contributed by atoms with E-state index < -0.39 is 0 Å². The molecule has 128 valence electrons. The molecular weight excluding hydrogens is 322 g/mol. The van der Waals surface area contributed by atoms with Crippen molar-refractivity contribution in [3.05, 3.63) is 52.0 Å². The predicted molar refractivity (Wildman–Crippen MR) is 95.2 cm³/mol. The van der Waals surface area contributed by atoms with Crippen LogP contribution in [-0.4, -0.2) is 49.1 Å². The fourth-order valence-corrected chi connectivity index (χ4v) is 3.73. The van der Waals surface area contributed by atoms with Crippen LogP contribution in [-0.2, 0) is 17.7 Å². The van der Waals surface area contributed by atoms with Gasteiger partial charge < -0.3 is 10.1 Å². The van der Waals surface area contributed by atoms with Crippen molar-refractivity contribution < 1.29 is 9.53 Å². The SMILES string of the molecule is CNC(=O)c1cccc(CC2COCCN(Cc3cccs3)C2)n1. The van der Waals surface area contributed by atoms with Gasteiger partial charge in [-0.05, 0) is 30.0 Å². The number of hydrogen-bond acceptors (Lipinski definition) is 5. The number of thiophene rings is 1. The molecule has 0 radical (unpaired) electrons. The first kappa shape index (κ1) is 17.1. The van der Waals surface area contributed by atoms with Gasteiger partial charge in [0.25, 0.3) is 5.91 Å². The van der Waals surface area contributed by atoms with Crippen LogP contribution in [0, 0.1) is 5.92 Å². The van der Waals surface area contributed by atoms with Gasteiger partial charge in [0.05, 0.1) is 13.2 Å². The van der Waals surface area contributed by atoms with Crippen LogP contribution in [0.25, 0.3) is 0 Å². The maximum absolute atomic E-state index is 11.7. The molecule has 1 saturated heterocycles. The van der Waals surface area contributed by atoms with Crippen LogP contribution in [0.15, 0.2) is 35.7 Å². The number of carbonyl (C=O) groups excluding carboxylic acids is 1. The maximum atomic E-state index is 11.7. The third kappa shape index (κ3) is 4.63. The molecule has 1 unspecified atom stereocenters. The number of carbonyl (C=O) groups is 1. The van der Waals surface area contributed by atoms with E-state index in [1.165, 1.54) is 4.88 Å². The molecule has 0 aromatic carbocycles. The largest absolute Gasteiger partial charge is 0.380 e. The van der Waals surface area contributed by atoms with E-state index in [-0.39, 0.29) is 5.91 Å². The summed E-state index contributed by atoms with van der Waals surface area (Å²) in [6.07, 6.45) is 0.825. The third-order valence-electron chi connectivity index (χ3n) is 4.15. The Balaban J connectivity index is 1.64. The van der Waals surface area contributed by atoms with Gasteiger partial charge in [-0.1, -0.05) is 12.1 Å². The van der Waals surface area contributed by atoms with Crippen molar-refractivity contribution in [2.75, 3.05) is 33.4 Å². The van der Waals surface area contributed by atoms with E-state index >= 15 is 0 Å². The highest BCUT2D eigenvalue weighted by Crippen LogP contribution is 2.17. The number of rotatable bonds is 5. The first-order valence-corrected chi connectivity index (χ1v) is 9.13. The molecule has 1 aliphatic heterocycles. The second-order valence-electron chi connectivity index (χ2n) is 6.05. The molecule has 5 nitrogen and oxygen atoms in total. The lowest BCUT2D eigenvalue weighted by Crippen LogP contribution is -2.30. The number of amides is 1. The van der Waals surface area contributed by atoms with Crippen molar-refractivity contribution in [2.45, 2.75) is 13.0 Å². The average Bonchev–Trinajstić information content (AvgIpc) is 3.01. The molecule has 0 saturated carbocycles. The quantitative estimate of drug-likeness (QED) is 0.903. The molecule has 0 bridgehead atoms. The third-order valence-corrected chi connectivity index (χ3v) is 5.01. The summed E-state index contributed by atoms with van der Waals surface area (Å²) in [6.45, 7) is 4.44. The molecule has 3 heterocycles. The Kier molecular flexibility index (Phi) is 5.96. The summed E-state index contributed by atoms with van der Waals surface area (Å²) < 4.78 is 5.78. The van der Waals surface area contributed by atoms with Gasteiger partial charge in [-0.15, -0.1) is 11.3 Å². The van der Waals surface area contributed by atoms with Crippen molar-refractivity contribution in [1.29, 1.82) is 0 Å². The number of ether oxygens (including phenoxy) is 1. The molecule has 0 aliphatic carbocycles. The number of pyridine rings is 1. The monoisotopic (exact) mass is 345 g/mol. The van der Waals surface area contributed by atoms with Crippen LogP contribution in [0.5, 0.6) is 0 Å². The van der Waals surface area contributed by atoms with Gasteiger partial charge >= 0.3 is 0 Å². The van der Waals surface area contributed by atoms with E-state index in [4.69, 9.17) is 4.74 Å². The highest BCUT2D eigenvalue weighted by atomic mass is 32.1. The molecule has 1 N–H and O–H groups in total. The Morgan fingerprint density at radius 3 is 3.12 bits per heavy atom. The molecule has 2 aromatic rings. The van der Waals surface area contributed by atoms with Gasteiger partial charge in [-0.25, -0.2) is 4.98 Å². The standard InChI is InChI=1S/C18H23N3O2S/c1-19-18(22)17-6-2-4-15(20-17)10-14-11-21(7-8-23-13-14)12-16-5-3-9-24-16/h2-6,9,14H,7-8,10-13H2,1H3,(H,19,22). The molecule has 1 amide bonds. The maximum Gasteiger partial charge on any atom is 0.269 e. The molecule has 3 rings (SSSR count). The van der Waals surface area contributed by atoms with E-state index in [1.807, 2.05) is 12.1 Å². The Labute approximate surface area is 146 Å². The molecule has 0 spiro atoms. The molecular formula is C18H23N3O2S.